The van der Waals surface area contributed by atoms with E-state index in [-0.39, 0.29) is 22.9 Å². The van der Waals surface area contributed by atoms with E-state index in [1.807, 2.05) is 0 Å². The summed E-state index contributed by atoms with van der Waals surface area (Å²) in [4.78, 5) is 22.7. The SMILES string of the molecule is COc1cc(NS(=O)(=O)c2ccc(F)c(C(=O)O)c2)ccc1NC(=O)c1ccco1. The number of methoxy groups -OCH3 is 1. The molecule has 2 aromatic carbocycles. The molecular formula is C19H15FN2O7S. The summed E-state index contributed by atoms with van der Waals surface area (Å²) < 4.78 is 51.1. The fourth-order valence-corrected chi connectivity index (χ4v) is 3.57. The number of carbonyl (C=O) groups is 2. The summed E-state index contributed by atoms with van der Waals surface area (Å²) in [5.41, 5.74) is -0.438. The Kier molecular flexibility index (Phi) is 5.74. The fourth-order valence-electron chi connectivity index (χ4n) is 2.50. The van der Waals surface area contributed by atoms with Gasteiger partial charge in [-0.3, -0.25) is 9.52 Å². The van der Waals surface area contributed by atoms with Crippen LogP contribution in [0.2, 0.25) is 0 Å². The molecule has 0 saturated heterocycles. The molecule has 3 rings (SSSR count). The summed E-state index contributed by atoms with van der Waals surface area (Å²) in [6.07, 6.45) is 1.34. The molecule has 0 radical (unpaired) electrons. The first kappa shape index (κ1) is 20.9. The maximum absolute atomic E-state index is 13.5. The monoisotopic (exact) mass is 434 g/mol. The zero-order valence-corrected chi connectivity index (χ0v) is 16.2. The van der Waals surface area contributed by atoms with Crippen LogP contribution in [0.5, 0.6) is 5.75 Å². The molecule has 9 nitrogen and oxygen atoms in total. The molecule has 0 aliphatic heterocycles. The predicted octanol–water partition coefficient (Wildman–Crippen LogP) is 3.18. The summed E-state index contributed by atoms with van der Waals surface area (Å²) in [6.45, 7) is 0. The first-order chi connectivity index (χ1) is 14.2. The largest absolute Gasteiger partial charge is 0.494 e. The third-order valence-electron chi connectivity index (χ3n) is 3.93. The Morgan fingerprint density at radius 3 is 2.53 bits per heavy atom. The number of carboxylic acid groups (broad SMARTS) is 1. The molecule has 156 valence electrons. The van der Waals surface area contributed by atoms with Crippen LogP contribution < -0.4 is 14.8 Å². The number of sulfonamides is 1. The average Bonchev–Trinajstić information content (AvgIpc) is 3.23. The van der Waals surface area contributed by atoms with E-state index >= 15 is 0 Å². The van der Waals surface area contributed by atoms with Crippen molar-refractivity contribution in [3.05, 3.63) is 71.9 Å². The van der Waals surface area contributed by atoms with Gasteiger partial charge >= 0.3 is 5.97 Å². The number of nitrogens with one attached hydrogen (secondary N) is 2. The van der Waals surface area contributed by atoms with Crippen molar-refractivity contribution in [2.24, 2.45) is 0 Å². The molecule has 1 aromatic heterocycles. The number of carboxylic acids is 1. The number of halogens is 1. The molecule has 0 fully saturated rings. The number of aromatic carboxylic acids is 1. The van der Waals surface area contributed by atoms with Gasteiger partial charge in [0.15, 0.2) is 5.76 Å². The topological polar surface area (TPSA) is 135 Å². The molecule has 30 heavy (non-hydrogen) atoms. The van der Waals surface area contributed by atoms with E-state index in [0.29, 0.717) is 0 Å². The maximum Gasteiger partial charge on any atom is 0.338 e. The normalized spacial score (nSPS) is 11.0. The zero-order valence-electron chi connectivity index (χ0n) is 15.4. The van der Waals surface area contributed by atoms with E-state index in [2.05, 4.69) is 10.0 Å². The number of benzene rings is 2. The standard InChI is InChI=1S/C19H15FN2O7S/c1-28-17-9-11(4-7-15(17)21-18(23)16-3-2-8-29-16)22-30(26,27)12-5-6-14(20)13(10-12)19(24)25/h2-10,22H,1H3,(H,21,23)(H,24,25). The van der Waals surface area contributed by atoms with Gasteiger partial charge < -0.3 is 19.6 Å². The van der Waals surface area contributed by atoms with Crippen LogP contribution in [0.3, 0.4) is 0 Å². The van der Waals surface area contributed by atoms with Crippen LogP contribution >= 0.6 is 0 Å². The number of furan rings is 1. The first-order valence-corrected chi connectivity index (χ1v) is 9.78. The Bertz CT molecular complexity index is 1210. The Morgan fingerprint density at radius 1 is 1.13 bits per heavy atom. The van der Waals surface area contributed by atoms with E-state index in [0.717, 1.165) is 18.2 Å². The molecule has 1 amide bonds. The van der Waals surface area contributed by atoms with E-state index in [4.69, 9.17) is 14.3 Å². The van der Waals surface area contributed by atoms with Crippen molar-refractivity contribution in [2.75, 3.05) is 17.1 Å². The van der Waals surface area contributed by atoms with Crippen LogP contribution in [-0.4, -0.2) is 32.5 Å². The van der Waals surface area contributed by atoms with Gasteiger partial charge in [-0.15, -0.1) is 0 Å². The van der Waals surface area contributed by atoms with E-state index < -0.39 is 38.2 Å². The van der Waals surface area contributed by atoms with Gasteiger partial charge in [-0.2, -0.15) is 0 Å². The van der Waals surface area contributed by atoms with Crippen molar-refractivity contribution in [1.29, 1.82) is 0 Å². The highest BCUT2D eigenvalue weighted by Crippen LogP contribution is 2.30. The number of anilines is 2. The van der Waals surface area contributed by atoms with Crippen molar-refractivity contribution < 1.29 is 36.7 Å². The Morgan fingerprint density at radius 2 is 1.90 bits per heavy atom. The lowest BCUT2D eigenvalue weighted by atomic mass is 10.2. The maximum atomic E-state index is 13.5. The predicted molar refractivity (Wildman–Crippen MR) is 104 cm³/mol. The number of ether oxygens (including phenoxy) is 1. The molecule has 0 spiro atoms. The van der Waals surface area contributed by atoms with Crippen LogP contribution in [0.15, 0.2) is 64.1 Å². The number of hydrogen-bond acceptors (Lipinski definition) is 6. The van der Waals surface area contributed by atoms with Gasteiger partial charge in [0, 0.05) is 6.07 Å². The van der Waals surface area contributed by atoms with Crippen molar-refractivity contribution in [3.8, 4) is 5.75 Å². The van der Waals surface area contributed by atoms with Gasteiger partial charge in [-0.1, -0.05) is 0 Å². The summed E-state index contributed by atoms with van der Waals surface area (Å²) in [6, 6.07) is 9.52. The summed E-state index contributed by atoms with van der Waals surface area (Å²) in [5.74, 6) is -2.95. The van der Waals surface area contributed by atoms with E-state index in [9.17, 15) is 22.4 Å². The van der Waals surface area contributed by atoms with Crippen molar-refractivity contribution in [1.82, 2.24) is 0 Å². The molecule has 0 atom stereocenters. The lowest BCUT2D eigenvalue weighted by molar-refractivity contribution is 0.0691. The van der Waals surface area contributed by atoms with Gasteiger partial charge in [-0.05, 0) is 42.5 Å². The zero-order chi connectivity index (χ0) is 21.9. The molecule has 3 N–H and O–H groups in total. The number of rotatable bonds is 7. The molecule has 0 aliphatic rings. The quantitative estimate of drug-likeness (QED) is 0.520. The van der Waals surface area contributed by atoms with Crippen LogP contribution in [0.25, 0.3) is 0 Å². The second-order valence-electron chi connectivity index (χ2n) is 5.90. The lowest BCUT2D eigenvalue weighted by Crippen LogP contribution is -2.15. The molecule has 0 aliphatic carbocycles. The third-order valence-corrected chi connectivity index (χ3v) is 5.30. The van der Waals surface area contributed by atoms with Crippen LogP contribution in [0.4, 0.5) is 15.8 Å². The number of hydrogen-bond donors (Lipinski definition) is 3. The highest BCUT2D eigenvalue weighted by Gasteiger charge is 2.20. The first-order valence-electron chi connectivity index (χ1n) is 8.30. The smallest absolute Gasteiger partial charge is 0.338 e. The number of carbonyl (C=O) groups excluding carboxylic acids is 1. The number of amides is 1. The van der Waals surface area contributed by atoms with Crippen molar-refractivity contribution in [2.45, 2.75) is 4.90 Å². The van der Waals surface area contributed by atoms with Gasteiger partial charge in [-0.25, -0.2) is 17.6 Å². The van der Waals surface area contributed by atoms with E-state index in [1.165, 1.54) is 37.6 Å². The molecule has 11 heteroatoms. The third kappa shape index (κ3) is 4.41. The second-order valence-corrected chi connectivity index (χ2v) is 7.58. The minimum atomic E-state index is -4.22. The van der Waals surface area contributed by atoms with Crippen LogP contribution in [-0.2, 0) is 10.0 Å². The average molecular weight is 434 g/mol. The van der Waals surface area contributed by atoms with Crippen LogP contribution in [0.1, 0.15) is 20.9 Å². The minimum absolute atomic E-state index is 0.0732. The lowest BCUT2D eigenvalue weighted by Gasteiger charge is -2.13. The summed E-state index contributed by atoms with van der Waals surface area (Å²) in [7, 11) is -2.89. The highest BCUT2D eigenvalue weighted by atomic mass is 32.2. The molecule has 0 bridgehead atoms. The van der Waals surface area contributed by atoms with Crippen LogP contribution in [0, 0.1) is 5.82 Å². The minimum Gasteiger partial charge on any atom is -0.494 e. The highest BCUT2D eigenvalue weighted by molar-refractivity contribution is 7.92. The molecule has 3 aromatic rings. The van der Waals surface area contributed by atoms with Crippen molar-refractivity contribution >= 4 is 33.3 Å². The Balaban J connectivity index is 1.85. The Hall–Kier alpha value is -3.86. The Labute approximate surface area is 170 Å². The summed E-state index contributed by atoms with van der Waals surface area (Å²) >= 11 is 0. The molecule has 0 unspecified atom stereocenters. The second kappa shape index (κ2) is 8.25. The summed E-state index contributed by atoms with van der Waals surface area (Å²) in [5, 5.41) is 11.5. The van der Waals surface area contributed by atoms with Gasteiger partial charge in [0.05, 0.1) is 35.2 Å². The molecular weight excluding hydrogens is 419 g/mol. The molecule has 0 saturated carbocycles. The fraction of sp³-hybridized carbons (Fsp3) is 0.0526. The van der Waals surface area contributed by atoms with Gasteiger partial charge in [0.25, 0.3) is 15.9 Å². The van der Waals surface area contributed by atoms with Gasteiger partial charge in [0.1, 0.15) is 11.6 Å². The molecule has 1 heterocycles. The van der Waals surface area contributed by atoms with E-state index in [1.54, 1.807) is 6.07 Å². The van der Waals surface area contributed by atoms with Crippen molar-refractivity contribution in [3.63, 3.8) is 0 Å². The van der Waals surface area contributed by atoms with Gasteiger partial charge in [0.2, 0.25) is 0 Å².